The first-order valence-electron chi connectivity index (χ1n) is 44.8. The van der Waals surface area contributed by atoms with Crippen molar-refractivity contribution in [3.63, 3.8) is 0 Å². The fourth-order valence-corrected chi connectivity index (χ4v) is 15.1. The third-order valence-electron chi connectivity index (χ3n) is 20.4. The summed E-state index contributed by atoms with van der Waals surface area (Å²) in [4.78, 5) is 73.2. The number of carbonyl (C=O) groups excluding carboxylic acids is 4. The number of carbonyl (C=O) groups is 4. The number of phosphoric acid groups is 2. The molecule has 0 saturated carbocycles. The van der Waals surface area contributed by atoms with Crippen LogP contribution in [0.3, 0.4) is 0 Å². The van der Waals surface area contributed by atoms with Gasteiger partial charge in [0, 0.05) is 25.7 Å². The molecule has 0 saturated heterocycles. The van der Waals surface area contributed by atoms with Crippen molar-refractivity contribution in [2.75, 3.05) is 39.6 Å². The molecule has 0 spiro atoms. The van der Waals surface area contributed by atoms with Crippen LogP contribution in [-0.4, -0.2) is 96.7 Å². The maximum Gasteiger partial charge on any atom is 0.472 e. The van der Waals surface area contributed by atoms with E-state index in [1.165, 1.54) is 302 Å². The second-order valence-corrected chi connectivity index (χ2v) is 33.8. The minimum absolute atomic E-state index is 0.109. The summed E-state index contributed by atoms with van der Waals surface area (Å²) in [6.45, 7) is 5.05. The molecule has 0 aromatic heterocycles. The lowest BCUT2D eigenvalue weighted by molar-refractivity contribution is -0.161. The van der Waals surface area contributed by atoms with Gasteiger partial charge in [0.15, 0.2) is 12.2 Å². The largest absolute Gasteiger partial charge is 0.472 e. The van der Waals surface area contributed by atoms with E-state index >= 15 is 0 Å². The molecule has 0 fully saturated rings. The monoisotopic (exact) mass is 1540 g/mol. The Morgan fingerprint density at radius 2 is 0.381 bits per heavy atom. The zero-order chi connectivity index (χ0) is 76.7. The van der Waals surface area contributed by atoms with E-state index in [1.54, 1.807) is 0 Å². The number of aliphatic hydroxyl groups is 1. The Hall–Kier alpha value is -1.94. The quantitative estimate of drug-likeness (QED) is 0.0222. The molecule has 0 bridgehead atoms. The van der Waals surface area contributed by atoms with Crippen LogP contribution in [0.1, 0.15) is 471 Å². The number of aliphatic hydroxyl groups excluding tert-OH is 1. The third kappa shape index (κ3) is 79.9. The van der Waals surface area contributed by atoms with Gasteiger partial charge in [-0.15, -0.1) is 0 Å². The lowest BCUT2D eigenvalue weighted by Crippen LogP contribution is -2.30. The molecule has 0 aliphatic rings. The van der Waals surface area contributed by atoms with E-state index in [2.05, 4.69) is 27.7 Å². The smallest absolute Gasteiger partial charge is 0.462 e. The van der Waals surface area contributed by atoms with Crippen LogP contribution in [0.15, 0.2) is 0 Å². The van der Waals surface area contributed by atoms with Gasteiger partial charge in [-0.25, -0.2) is 9.13 Å². The number of hydrogen-bond donors (Lipinski definition) is 3. The molecule has 17 nitrogen and oxygen atoms in total. The number of esters is 4. The highest BCUT2D eigenvalue weighted by Gasteiger charge is 2.30. The molecule has 105 heavy (non-hydrogen) atoms. The fraction of sp³-hybridized carbons (Fsp3) is 0.953. The number of rotatable bonds is 87. The molecule has 0 rings (SSSR count). The van der Waals surface area contributed by atoms with Crippen LogP contribution in [0.4, 0.5) is 0 Å². The van der Waals surface area contributed by atoms with Crippen LogP contribution in [0.5, 0.6) is 0 Å². The summed E-state index contributed by atoms with van der Waals surface area (Å²) in [6, 6.07) is 0. The minimum Gasteiger partial charge on any atom is -0.462 e. The van der Waals surface area contributed by atoms with E-state index in [4.69, 9.17) is 37.0 Å². The maximum atomic E-state index is 13.1. The highest BCUT2D eigenvalue weighted by molar-refractivity contribution is 7.47. The zero-order valence-corrected chi connectivity index (χ0v) is 70.5. The van der Waals surface area contributed by atoms with Gasteiger partial charge in [0.25, 0.3) is 0 Å². The Kier molecular flexibility index (Phi) is 78.6. The van der Waals surface area contributed by atoms with Gasteiger partial charge in [0.05, 0.1) is 26.4 Å². The Balaban J connectivity index is 5.21. The first-order chi connectivity index (χ1) is 51.2. The maximum absolute atomic E-state index is 13.1. The topological polar surface area (TPSA) is 237 Å². The molecule has 19 heteroatoms. The Labute approximate surface area is 645 Å². The van der Waals surface area contributed by atoms with Crippen molar-refractivity contribution in [3.8, 4) is 0 Å². The molecule has 0 heterocycles. The summed E-state index contributed by atoms with van der Waals surface area (Å²) < 4.78 is 68.9. The number of phosphoric ester groups is 2. The van der Waals surface area contributed by atoms with Gasteiger partial charge in [-0.3, -0.25) is 37.3 Å². The van der Waals surface area contributed by atoms with E-state index in [0.717, 1.165) is 89.9 Å². The normalized spacial score (nSPS) is 13.7. The number of ether oxygens (including phenoxy) is 4. The van der Waals surface area contributed by atoms with E-state index in [-0.39, 0.29) is 25.7 Å². The van der Waals surface area contributed by atoms with Gasteiger partial charge in [0.1, 0.15) is 19.3 Å². The summed E-state index contributed by atoms with van der Waals surface area (Å²) in [5.74, 6) is -2.10. The van der Waals surface area contributed by atoms with Crippen molar-refractivity contribution < 1.29 is 80.2 Å². The van der Waals surface area contributed by atoms with E-state index in [9.17, 15) is 43.2 Å². The number of unbranched alkanes of at least 4 members (excludes halogenated alkanes) is 61. The fourth-order valence-electron chi connectivity index (χ4n) is 13.5. The van der Waals surface area contributed by atoms with Gasteiger partial charge in [-0.2, -0.15) is 0 Å². The van der Waals surface area contributed by atoms with Crippen molar-refractivity contribution in [3.05, 3.63) is 0 Å². The summed E-state index contributed by atoms with van der Waals surface area (Å²) >= 11 is 0. The second kappa shape index (κ2) is 80.1. The van der Waals surface area contributed by atoms with Gasteiger partial charge in [0.2, 0.25) is 0 Å². The first-order valence-corrected chi connectivity index (χ1v) is 47.8. The second-order valence-electron chi connectivity index (χ2n) is 30.9. The Morgan fingerprint density at radius 1 is 0.229 bits per heavy atom. The molecule has 624 valence electrons. The van der Waals surface area contributed by atoms with Crippen LogP contribution in [0, 0.1) is 0 Å². The van der Waals surface area contributed by atoms with E-state index in [0.29, 0.717) is 25.7 Å². The summed E-state index contributed by atoms with van der Waals surface area (Å²) in [5.41, 5.74) is 0. The first kappa shape index (κ1) is 103. The predicted octanol–water partition coefficient (Wildman–Crippen LogP) is 26.5. The van der Waals surface area contributed by atoms with E-state index < -0.39 is 97.5 Å². The van der Waals surface area contributed by atoms with Gasteiger partial charge < -0.3 is 33.8 Å². The minimum atomic E-state index is -4.96. The lowest BCUT2D eigenvalue weighted by Gasteiger charge is -2.21. The molecule has 0 aliphatic heterocycles. The highest BCUT2D eigenvalue weighted by Crippen LogP contribution is 2.45. The van der Waals surface area contributed by atoms with Crippen LogP contribution in [0.25, 0.3) is 0 Å². The van der Waals surface area contributed by atoms with Crippen molar-refractivity contribution in [2.24, 2.45) is 0 Å². The average molecular weight is 1540 g/mol. The summed E-state index contributed by atoms with van der Waals surface area (Å²) in [5, 5.41) is 10.7. The lowest BCUT2D eigenvalue weighted by atomic mass is 10.0. The summed E-state index contributed by atoms with van der Waals surface area (Å²) in [6.07, 6.45) is 75.1. The molecule has 3 N–H and O–H groups in total. The van der Waals surface area contributed by atoms with Gasteiger partial charge >= 0.3 is 39.5 Å². The molecule has 5 atom stereocenters. The molecule has 2 unspecified atom stereocenters. The van der Waals surface area contributed by atoms with Crippen LogP contribution in [-0.2, 0) is 65.4 Å². The molecule has 0 aromatic carbocycles. The average Bonchev–Trinajstić information content (AvgIpc) is 0.906. The molecule has 0 amide bonds. The van der Waals surface area contributed by atoms with Gasteiger partial charge in [-0.05, 0) is 25.7 Å². The van der Waals surface area contributed by atoms with Crippen molar-refractivity contribution in [1.82, 2.24) is 0 Å². The number of hydrogen-bond acceptors (Lipinski definition) is 15. The Bertz CT molecular complexity index is 1980. The third-order valence-corrected chi connectivity index (χ3v) is 22.3. The summed E-state index contributed by atoms with van der Waals surface area (Å²) in [7, 11) is -9.92. The molecule has 0 radical (unpaired) electrons. The van der Waals surface area contributed by atoms with Crippen LogP contribution < -0.4 is 0 Å². The Morgan fingerprint density at radius 3 is 0.562 bits per heavy atom. The standard InChI is InChI=1S/C86H168O17P2/c1-5-9-13-17-21-25-29-32-35-37-39-41-43-45-47-50-53-57-61-65-69-73-86(91)103-82(77-97-84(89)71-67-63-59-55-51-49-46-44-42-40-38-36-33-30-26-22-18-14-10-6-2)79-101-105(94,95)99-75-80(87)74-98-104(92,93)100-78-81(76-96-83(88)70-66-62-58-54-28-24-20-16-12-8-4)102-85(90)72-68-64-60-56-52-48-34-31-27-23-19-15-11-7-3/h80-82,87H,5-79H2,1-4H3,(H,92,93)(H,94,95)/t80-,81+,82+/m0/s1. The predicted molar refractivity (Wildman–Crippen MR) is 432 cm³/mol. The van der Waals surface area contributed by atoms with Crippen molar-refractivity contribution >= 4 is 39.5 Å². The molecule has 0 aliphatic carbocycles. The molecule has 0 aromatic rings. The van der Waals surface area contributed by atoms with Crippen molar-refractivity contribution in [1.29, 1.82) is 0 Å². The van der Waals surface area contributed by atoms with Gasteiger partial charge in [-0.1, -0.05) is 419 Å². The van der Waals surface area contributed by atoms with Crippen molar-refractivity contribution in [2.45, 2.75) is 489 Å². The van der Waals surface area contributed by atoms with Crippen LogP contribution in [0.2, 0.25) is 0 Å². The molecular weight excluding hydrogens is 1370 g/mol. The van der Waals surface area contributed by atoms with E-state index in [1.807, 2.05) is 0 Å². The van der Waals surface area contributed by atoms with Crippen LogP contribution >= 0.6 is 15.6 Å². The highest BCUT2D eigenvalue weighted by atomic mass is 31.2. The SMILES string of the molecule is CCCCCCCCCCCCCCCCCCCCCCCC(=O)O[C@H](COC(=O)CCCCCCCCCCCCCCCCCCCCCC)COP(=O)(O)OC[C@@H](O)COP(=O)(O)OC[C@@H](COC(=O)CCCCCCCCCCCC)OC(=O)CCCCCCCCCCCCCCCC. The molecular formula is C86H168O17P2. The zero-order valence-electron chi connectivity index (χ0n) is 68.7.